The second-order valence-corrected chi connectivity index (χ2v) is 10.1. The monoisotopic (exact) mass is 444 g/mol. The fourth-order valence-corrected chi connectivity index (χ4v) is 5.26. The lowest BCUT2D eigenvalue weighted by atomic mass is 9.96. The average molecular weight is 445 g/mol. The summed E-state index contributed by atoms with van der Waals surface area (Å²) >= 11 is 0. The summed E-state index contributed by atoms with van der Waals surface area (Å²) in [5.41, 5.74) is 2.04. The lowest BCUT2D eigenvalue weighted by molar-refractivity contribution is -0.0969. The number of sulfonamides is 1. The van der Waals surface area contributed by atoms with Gasteiger partial charge in [-0.1, -0.05) is 17.7 Å². The Morgan fingerprint density at radius 3 is 2.32 bits per heavy atom. The molecule has 0 aliphatic carbocycles. The molecule has 2 aromatic carbocycles. The Hall–Kier alpha value is -2.42. The Morgan fingerprint density at radius 1 is 1.03 bits per heavy atom. The molecule has 2 aliphatic heterocycles. The van der Waals surface area contributed by atoms with Gasteiger partial charge in [0, 0.05) is 31.6 Å². The number of carbonyl (C=O) groups is 1. The van der Waals surface area contributed by atoms with Crippen molar-refractivity contribution < 1.29 is 22.7 Å². The van der Waals surface area contributed by atoms with Gasteiger partial charge in [-0.3, -0.25) is 9.10 Å². The van der Waals surface area contributed by atoms with Gasteiger partial charge in [0.05, 0.1) is 23.8 Å². The normalized spacial score (nSPS) is 20.1. The van der Waals surface area contributed by atoms with E-state index in [2.05, 4.69) is 0 Å². The molecule has 2 aliphatic rings. The number of ether oxygens (including phenoxy) is 2. The van der Waals surface area contributed by atoms with E-state index in [0.29, 0.717) is 37.6 Å². The fourth-order valence-electron chi connectivity index (χ4n) is 4.07. The van der Waals surface area contributed by atoms with Crippen molar-refractivity contribution in [2.24, 2.45) is 5.92 Å². The van der Waals surface area contributed by atoms with Gasteiger partial charge < -0.3 is 14.4 Å². The molecule has 2 saturated heterocycles. The quantitative estimate of drug-likeness (QED) is 0.709. The summed E-state index contributed by atoms with van der Waals surface area (Å²) in [6.45, 7) is 4.43. The van der Waals surface area contributed by atoms with Gasteiger partial charge >= 0.3 is 0 Å². The molecule has 166 valence electrons. The number of hydrogen-bond donors (Lipinski definition) is 0. The summed E-state index contributed by atoms with van der Waals surface area (Å²) in [5.74, 6) is 0.128. The number of rotatable bonds is 5. The van der Waals surface area contributed by atoms with E-state index in [4.69, 9.17) is 9.47 Å². The van der Waals surface area contributed by atoms with E-state index in [1.165, 1.54) is 11.4 Å². The number of likely N-dealkylation sites (tertiary alicyclic amines) is 1. The van der Waals surface area contributed by atoms with Crippen molar-refractivity contribution in [3.8, 4) is 0 Å². The molecule has 1 unspecified atom stereocenters. The topological polar surface area (TPSA) is 76.2 Å². The van der Waals surface area contributed by atoms with Crippen LogP contribution < -0.4 is 4.31 Å². The van der Waals surface area contributed by atoms with Gasteiger partial charge in [-0.15, -0.1) is 0 Å². The van der Waals surface area contributed by atoms with Gasteiger partial charge in [-0.2, -0.15) is 0 Å². The van der Waals surface area contributed by atoms with E-state index >= 15 is 0 Å². The first-order valence-electron chi connectivity index (χ1n) is 10.5. The molecule has 2 heterocycles. The van der Waals surface area contributed by atoms with Gasteiger partial charge in [0.25, 0.3) is 15.9 Å². The van der Waals surface area contributed by atoms with Crippen molar-refractivity contribution in [2.75, 3.05) is 37.7 Å². The van der Waals surface area contributed by atoms with Crippen LogP contribution in [-0.4, -0.2) is 58.9 Å². The lowest BCUT2D eigenvalue weighted by Gasteiger charge is -2.34. The van der Waals surface area contributed by atoms with Crippen LogP contribution in [0.1, 0.15) is 28.8 Å². The maximum atomic E-state index is 13.0. The molecule has 8 heteroatoms. The van der Waals surface area contributed by atoms with E-state index in [0.717, 1.165) is 18.4 Å². The van der Waals surface area contributed by atoms with Crippen molar-refractivity contribution in [3.63, 3.8) is 0 Å². The number of hydrogen-bond acceptors (Lipinski definition) is 5. The molecule has 2 aromatic rings. The van der Waals surface area contributed by atoms with Crippen molar-refractivity contribution in [1.29, 1.82) is 0 Å². The van der Waals surface area contributed by atoms with Crippen LogP contribution in [0.5, 0.6) is 0 Å². The standard InChI is InChI=1S/C23H28N2O5S/c1-17-5-11-21(12-6-17)31(27,28)24(2)20-9-7-18(8-10-20)22(26)25-13-3-4-19(16-25)23-29-14-15-30-23/h5-12,19,23H,3-4,13-16H2,1-2H3. The lowest BCUT2D eigenvalue weighted by Crippen LogP contribution is -2.43. The third-order valence-corrected chi connectivity index (χ3v) is 7.73. The third-order valence-electron chi connectivity index (χ3n) is 5.93. The molecule has 0 N–H and O–H groups in total. The Balaban J connectivity index is 1.46. The predicted octanol–water partition coefficient (Wildman–Crippen LogP) is 3.05. The van der Waals surface area contributed by atoms with Crippen LogP contribution in [0.3, 0.4) is 0 Å². The summed E-state index contributed by atoms with van der Waals surface area (Å²) in [5, 5.41) is 0. The van der Waals surface area contributed by atoms with Crippen molar-refractivity contribution in [3.05, 3.63) is 59.7 Å². The number of aryl methyl sites for hydroxylation is 1. The summed E-state index contributed by atoms with van der Waals surface area (Å²) < 4.78 is 38.3. The largest absolute Gasteiger partial charge is 0.350 e. The van der Waals surface area contributed by atoms with Gasteiger partial charge in [-0.25, -0.2) is 8.42 Å². The van der Waals surface area contributed by atoms with E-state index in [9.17, 15) is 13.2 Å². The van der Waals surface area contributed by atoms with Gasteiger partial charge in [0.15, 0.2) is 6.29 Å². The Bertz CT molecular complexity index is 1010. The van der Waals surface area contributed by atoms with Gasteiger partial charge in [-0.05, 0) is 56.2 Å². The molecule has 1 amide bonds. The molecule has 31 heavy (non-hydrogen) atoms. The van der Waals surface area contributed by atoms with E-state index in [1.807, 2.05) is 11.8 Å². The molecule has 0 aromatic heterocycles. The highest BCUT2D eigenvalue weighted by Crippen LogP contribution is 2.27. The van der Waals surface area contributed by atoms with E-state index < -0.39 is 10.0 Å². The van der Waals surface area contributed by atoms with Crippen LogP contribution in [0.4, 0.5) is 5.69 Å². The first kappa shape index (κ1) is 21.8. The number of amides is 1. The Morgan fingerprint density at radius 2 is 1.68 bits per heavy atom. The highest BCUT2D eigenvalue weighted by Gasteiger charge is 2.33. The molecule has 0 spiro atoms. The van der Waals surface area contributed by atoms with Crippen molar-refractivity contribution in [2.45, 2.75) is 31.0 Å². The van der Waals surface area contributed by atoms with Crippen LogP contribution in [0.15, 0.2) is 53.4 Å². The summed E-state index contributed by atoms with van der Waals surface area (Å²) in [7, 11) is -2.15. The highest BCUT2D eigenvalue weighted by molar-refractivity contribution is 7.92. The number of anilines is 1. The van der Waals surface area contributed by atoms with Crippen LogP contribution in [0.25, 0.3) is 0 Å². The van der Waals surface area contributed by atoms with Crippen LogP contribution in [0.2, 0.25) is 0 Å². The SMILES string of the molecule is Cc1ccc(S(=O)(=O)N(C)c2ccc(C(=O)N3CCCC(C4OCCO4)C3)cc2)cc1. The number of piperidine rings is 1. The van der Waals surface area contributed by atoms with Gasteiger partial charge in [0.2, 0.25) is 0 Å². The molecule has 2 fully saturated rings. The summed E-state index contributed by atoms with van der Waals surface area (Å²) in [6.07, 6.45) is 1.67. The second-order valence-electron chi connectivity index (χ2n) is 8.10. The first-order valence-corrected chi connectivity index (χ1v) is 12.0. The van der Waals surface area contributed by atoms with E-state index in [-0.39, 0.29) is 23.0 Å². The molecule has 7 nitrogen and oxygen atoms in total. The zero-order valence-corrected chi connectivity index (χ0v) is 18.7. The predicted molar refractivity (Wildman–Crippen MR) is 118 cm³/mol. The molecule has 4 rings (SSSR count). The fraction of sp³-hybridized carbons (Fsp3) is 0.435. The average Bonchev–Trinajstić information content (AvgIpc) is 3.34. The number of carbonyl (C=O) groups excluding carboxylic acids is 1. The zero-order valence-electron chi connectivity index (χ0n) is 17.9. The minimum Gasteiger partial charge on any atom is -0.350 e. The molecule has 0 radical (unpaired) electrons. The minimum atomic E-state index is -3.67. The smallest absolute Gasteiger partial charge is 0.264 e. The molecule has 1 atom stereocenters. The summed E-state index contributed by atoms with van der Waals surface area (Å²) in [4.78, 5) is 15.1. The molecular formula is C23H28N2O5S. The molecule has 0 saturated carbocycles. The number of nitrogens with zero attached hydrogens (tertiary/aromatic N) is 2. The van der Waals surface area contributed by atoms with Crippen LogP contribution in [-0.2, 0) is 19.5 Å². The minimum absolute atomic E-state index is 0.0571. The molecule has 0 bridgehead atoms. The first-order chi connectivity index (χ1) is 14.9. The third kappa shape index (κ3) is 4.61. The van der Waals surface area contributed by atoms with Crippen molar-refractivity contribution in [1.82, 2.24) is 4.90 Å². The van der Waals surface area contributed by atoms with E-state index in [1.54, 1.807) is 48.5 Å². The maximum absolute atomic E-state index is 13.0. The second kappa shape index (κ2) is 8.98. The Kier molecular flexibility index (Phi) is 6.31. The van der Waals surface area contributed by atoms with Crippen LogP contribution >= 0.6 is 0 Å². The maximum Gasteiger partial charge on any atom is 0.264 e. The zero-order chi connectivity index (χ0) is 22.0. The highest BCUT2D eigenvalue weighted by atomic mass is 32.2. The van der Waals surface area contributed by atoms with Crippen LogP contribution in [0, 0.1) is 12.8 Å². The summed E-state index contributed by atoms with van der Waals surface area (Å²) in [6, 6.07) is 13.5. The number of benzene rings is 2. The molecular weight excluding hydrogens is 416 g/mol. The Labute approximate surface area is 183 Å². The van der Waals surface area contributed by atoms with Gasteiger partial charge in [0.1, 0.15) is 0 Å². The van der Waals surface area contributed by atoms with Crippen molar-refractivity contribution >= 4 is 21.6 Å².